The number of nitro groups is 1. The maximum absolute atomic E-state index is 11.7. The number of benzene rings is 1. The molecule has 0 aliphatic rings. The van der Waals surface area contributed by atoms with Gasteiger partial charge in [0.05, 0.1) is 16.2 Å². The molecule has 0 saturated carbocycles. The van der Waals surface area contributed by atoms with Gasteiger partial charge in [0.25, 0.3) is 5.69 Å². The summed E-state index contributed by atoms with van der Waals surface area (Å²) in [6.45, 7) is 3.95. The fourth-order valence-electron chi connectivity index (χ4n) is 1.56. The number of carboxylic acids is 1. The third kappa shape index (κ3) is 4.34. The molecule has 1 amide bonds. The summed E-state index contributed by atoms with van der Waals surface area (Å²) in [4.78, 5) is 32.7. The molecule has 0 bridgehead atoms. The number of anilines is 1. The van der Waals surface area contributed by atoms with E-state index in [0.29, 0.717) is 12.3 Å². The summed E-state index contributed by atoms with van der Waals surface area (Å²) in [5, 5.41) is 22.1. The summed E-state index contributed by atoms with van der Waals surface area (Å²) in [7, 11) is 0. The number of hydrogen-bond acceptors (Lipinski definition) is 4. The van der Waals surface area contributed by atoms with Gasteiger partial charge in [-0.3, -0.25) is 14.9 Å². The molecule has 0 spiro atoms. The van der Waals surface area contributed by atoms with E-state index in [0.717, 1.165) is 12.1 Å². The Kier molecular flexibility index (Phi) is 5.19. The Bertz CT molecular complexity index is 540. The van der Waals surface area contributed by atoms with Crippen molar-refractivity contribution in [2.45, 2.75) is 26.7 Å². The maximum atomic E-state index is 11.7. The fraction of sp³-hybridized carbons (Fsp3) is 0.385. The third-order valence-corrected chi connectivity index (χ3v) is 2.67. The molecule has 0 aliphatic carbocycles. The minimum atomic E-state index is -1.33. The van der Waals surface area contributed by atoms with Crippen LogP contribution in [0.3, 0.4) is 0 Å². The second kappa shape index (κ2) is 6.65. The minimum Gasteiger partial charge on any atom is -0.478 e. The van der Waals surface area contributed by atoms with Crippen LogP contribution in [0.1, 0.15) is 37.0 Å². The van der Waals surface area contributed by atoms with Crippen molar-refractivity contribution in [3.8, 4) is 0 Å². The monoisotopic (exact) mass is 280 g/mol. The summed E-state index contributed by atoms with van der Waals surface area (Å²) in [5.41, 5.74) is -0.559. The quantitative estimate of drug-likeness (QED) is 0.615. The predicted octanol–water partition coefficient (Wildman–Crippen LogP) is 2.67. The molecule has 0 atom stereocenters. The average Bonchev–Trinajstić information content (AvgIpc) is 2.36. The van der Waals surface area contributed by atoms with Crippen molar-refractivity contribution in [1.82, 2.24) is 0 Å². The van der Waals surface area contributed by atoms with Gasteiger partial charge in [0, 0.05) is 18.6 Å². The van der Waals surface area contributed by atoms with Crippen molar-refractivity contribution >= 4 is 23.3 Å². The molecule has 1 aromatic rings. The molecule has 0 unspecified atom stereocenters. The van der Waals surface area contributed by atoms with Crippen LogP contribution in [0, 0.1) is 16.0 Å². The number of nitrogens with zero attached hydrogens (tertiary/aromatic N) is 1. The Morgan fingerprint density at radius 1 is 1.40 bits per heavy atom. The van der Waals surface area contributed by atoms with Gasteiger partial charge in [0.15, 0.2) is 0 Å². The SMILES string of the molecule is CC(C)CCC(=O)Nc1ccc([N+](=O)[O-])cc1C(=O)O. The lowest BCUT2D eigenvalue weighted by Gasteiger charge is -2.09. The molecule has 108 valence electrons. The number of carboxylic acid groups (broad SMARTS) is 1. The van der Waals surface area contributed by atoms with Crippen LogP contribution in [0.15, 0.2) is 18.2 Å². The summed E-state index contributed by atoms with van der Waals surface area (Å²) >= 11 is 0. The molecule has 0 aliphatic heterocycles. The molecular weight excluding hydrogens is 264 g/mol. The van der Waals surface area contributed by atoms with Crippen molar-refractivity contribution in [2.24, 2.45) is 5.92 Å². The van der Waals surface area contributed by atoms with Crippen LogP contribution in [-0.2, 0) is 4.79 Å². The largest absolute Gasteiger partial charge is 0.478 e. The lowest BCUT2D eigenvalue weighted by molar-refractivity contribution is -0.384. The van der Waals surface area contributed by atoms with Crippen LogP contribution in [0.2, 0.25) is 0 Å². The van der Waals surface area contributed by atoms with Crippen LogP contribution >= 0.6 is 0 Å². The Hall–Kier alpha value is -2.44. The van der Waals surface area contributed by atoms with Gasteiger partial charge in [-0.05, 0) is 18.4 Å². The first-order valence-corrected chi connectivity index (χ1v) is 6.13. The molecule has 1 aromatic carbocycles. The second-order valence-corrected chi connectivity index (χ2v) is 4.77. The molecule has 20 heavy (non-hydrogen) atoms. The number of nitrogens with one attached hydrogen (secondary N) is 1. The Balaban J connectivity index is 2.92. The third-order valence-electron chi connectivity index (χ3n) is 2.67. The fourth-order valence-corrected chi connectivity index (χ4v) is 1.56. The van der Waals surface area contributed by atoms with Crippen molar-refractivity contribution in [2.75, 3.05) is 5.32 Å². The highest BCUT2D eigenvalue weighted by Crippen LogP contribution is 2.22. The van der Waals surface area contributed by atoms with E-state index in [-0.39, 0.29) is 29.3 Å². The van der Waals surface area contributed by atoms with E-state index in [1.807, 2.05) is 13.8 Å². The van der Waals surface area contributed by atoms with E-state index in [4.69, 9.17) is 5.11 Å². The zero-order chi connectivity index (χ0) is 15.3. The standard InChI is InChI=1S/C13H16N2O5/c1-8(2)3-6-12(16)14-11-5-4-9(15(19)20)7-10(11)13(17)18/h4-5,7-8H,3,6H2,1-2H3,(H,14,16)(H,17,18). The number of carbonyl (C=O) groups is 2. The first kappa shape index (κ1) is 15.6. The van der Waals surface area contributed by atoms with Gasteiger partial charge in [-0.15, -0.1) is 0 Å². The smallest absolute Gasteiger partial charge is 0.338 e. The van der Waals surface area contributed by atoms with E-state index in [1.165, 1.54) is 6.07 Å². The molecule has 0 heterocycles. The number of rotatable bonds is 6. The van der Waals surface area contributed by atoms with E-state index >= 15 is 0 Å². The van der Waals surface area contributed by atoms with E-state index < -0.39 is 10.9 Å². The molecule has 7 heteroatoms. The van der Waals surface area contributed by atoms with Crippen LogP contribution in [0.5, 0.6) is 0 Å². The van der Waals surface area contributed by atoms with Crippen molar-refractivity contribution in [1.29, 1.82) is 0 Å². The van der Waals surface area contributed by atoms with Gasteiger partial charge in [-0.25, -0.2) is 4.79 Å². The Labute approximate surface area is 115 Å². The number of aromatic carboxylic acids is 1. The van der Waals surface area contributed by atoms with E-state index in [2.05, 4.69) is 5.32 Å². The van der Waals surface area contributed by atoms with Crippen molar-refractivity contribution < 1.29 is 19.6 Å². The van der Waals surface area contributed by atoms with Crippen molar-refractivity contribution in [3.63, 3.8) is 0 Å². The van der Waals surface area contributed by atoms with Crippen molar-refractivity contribution in [3.05, 3.63) is 33.9 Å². The highest BCUT2D eigenvalue weighted by atomic mass is 16.6. The maximum Gasteiger partial charge on any atom is 0.338 e. The molecule has 0 radical (unpaired) electrons. The zero-order valence-corrected chi connectivity index (χ0v) is 11.3. The molecule has 0 saturated heterocycles. The lowest BCUT2D eigenvalue weighted by Crippen LogP contribution is -2.15. The van der Waals surface area contributed by atoms with Gasteiger partial charge in [-0.2, -0.15) is 0 Å². The summed E-state index contributed by atoms with van der Waals surface area (Å²) < 4.78 is 0. The van der Waals surface area contributed by atoms with E-state index in [1.54, 1.807) is 0 Å². The van der Waals surface area contributed by atoms with E-state index in [9.17, 15) is 19.7 Å². The molecular formula is C13H16N2O5. The van der Waals surface area contributed by atoms with Crippen LogP contribution < -0.4 is 5.32 Å². The molecule has 0 fully saturated rings. The molecule has 7 nitrogen and oxygen atoms in total. The van der Waals surface area contributed by atoms with Crippen LogP contribution in [0.4, 0.5) is 11.4 Å². The number of carbonyl (C=O) groups excluding carboxylic acids is 1. The van der Waals surface area contributed by atoms with Gasteiger partial charge >= 0.3 is 5.97 Å². The van der Waals surface area contributed by atoms with Gasteiger partial charge in [-0.1, -0.05) is 13.8 Å². The number of non-ortho nitro benzene ring substituents is 1. The number of amides is 1. The summed E-state index contributed by atoms with van der Waals surface area (Å²) in [6.07, 6.45) is 0.953. The first-order valence-electron chi connectivity index (χ1n) is 6.13. The summed E-state index contributed by atoms with van der Waals surface area (Å²) in [5.74, 6) is -1.28. The summed E-state index contributed by atoms with van der Waals surface area (Å²) in [6, 6.07) is 3.32. The van der Waals surface area contributed by atoms with Crippen LogP contribution in [0.25, 0.3) is 0 Å². The highest BCUT2D eigenvalue weighted by Gasteiger charge is 2.17. The normalized spacial score (nSPS) is 10.3. The first-order chi connectivity index (χ1) is 9.31. The number of nitro benzene ring substituents is 1. The molecule has 2 N–H and O–H groups in total. The number of hydrogen-bond donors (Lipinski definition) is 2. The second-order valence-electron chi connectivity index (χ2n) is 4.77. The molecule has 1 rings (SSSR count). The van der Waals surface area contributed by atoms with Crippen LogP contribution in [-0.4, -0.2) is 21.9 Å². The zero-order valence-electron chi connectivity index (χ0n) is 11.3. The molecule has 0 aromatic heterocycles. The topological polar surface area (TPSA) is 110 Å². The van der Waals surface area contributed by atoms with Gasteiger partial charge in [0.2, 0.25) is 5.91 Å². The lowest BCUT2D eigenvalue weighted by atomic mass is 10.1. The predicted molar refractivity (Wildman–Crippen MR) is 72.8 cm³/mol. The van der Waals surface area contributed by atoms with Gasteiger partial charge in [0.1, 0.15) is 0 Å². The highest BCUT2D eigenvalue weighted by molar-refractivity contribution is 6.01. The Morgan fingerprint density at radius 3 is 2.55 bits per heavy atom. The van der Waals surface area contributed by atoms with Gasteiger partial charge < -0.3 is 10.4 Å². The Morgan fingerprint density at radius 2 is 2.05 bits per heavy atom. The minimum absolute atomic E-state index is 0.0665. The average molecular weight is 280 g/mol.